The zero-order valence-corrected chi connectivity index (χ0v) is 19.1. The van der Waals surface area contributed by atoms with Gasteiger partial charge in [-0.1, -0.05) is 30.9 Å². The summed E-state index contributed by atoms with van der Waals surface area (Å²) >= 11 is 0. The van der Waals surface area contributed by atoms with E-state index in [9.17, 15) is 9.59 Å². The molecule has 1 aliphatic rings. The standard InChI is InChI=1S/C26H26N4O4/c1-4-15-34-25(31)22-17(3)27-26(32)28-24(22)21-16-30(19-9-7-6-8-10-19)29-23(21)18-11-13-20(14-12-18)33-5-2/h4,6-14,16,24H,1,5,15H2,2-3H3,(H2,27,28,32)/t24-/m1/s1. The van der Waals surface area contributed by atoms with Crippen LogP contribution in [0.3, 0.4) is 0 Å². The highest BCUT2D eigenvalue weighted by Gasteiger charge is 2.35. The maximum atomic E-state index is 12.9. The van der Waals surface area contributed by atoms with Crippen LogP contribution in [0.5, 0.6) is 5.75 Å². The smallest absolute Gasteiger partial charge is 0.338 e. The summed E-state index contributed by atoms with van der Waals surface area (Å²) in [5, 5.41) is 10.4. The van der Waals surface area contributed by atoms with Crippen LogP contribution in [0.2, 0.25) is 0 Å². The summed E-state index contributed by atoms with van der Waals surface area (Å²) < 4.78 is 12.6. The van der Waals surface area contributed by atoms with Crippen molar-refractivity contribution in [2.75, 3.05) is 13.2 Å². The van der Waals surface area contributed by atoms with Gasteiger partial charge in [0, 0.05) is 23.0 Å². The number of carbonyl (C=O) groups is 2. The van der Waals surface area contributed by atoms with E-state index in [1.54, 1.807) is 11.6 Å². The van der Waals surface area contributed by atoms with E-state index in [2.05, 4.69) is 17.2 Å². The summed E-state index contributed by atoms with van der Waals surface area (Å²) in [4.78, 5) is 25.3. The number of aromatic nitrogens is 2. The molecule has 0 unspecified atom stereocenters. The molecular weight excluding hydrogens is 432 g/mol. The number of allylic oxidation sites excluding steroid dienone is 1. The Balaban J connectivity index is 1.85. The molecule has 34 heavy (non-hydrogen) atoms. The number of rotatable bonds is 8. The highest BCUT2D eigenvalue weighted by Crippen LogP contribution is 2.35. The normalized spacial score (nSPS) is 15.4. The lowest BCUT2D eigenvalue weighted by molar-refractivity contribution is -0.138. The van der Waals surface area contributed by atoms with E-state index in [-0.39, 0.29) is 6.61 Å². The van der Waals surface area contributed by atoms with Crippen molar-refractivity contribution in [3.8, 4) is 22.7 Å². The quantitative estimate of drug-likeness (QED) is 0.388. The molecule has 0 bridgehead atoms. The van der Waals surface area contributed by atoms with E-state index in [0.29, 0.717) is 29.1 Å². The van der Waals surface area contributed by atoms with E-state index in [0.717, 1.165) is 17.0 Å². The molecule has 2 heterocycles. The number of ether oxygens (including phenoxy) is 2. The second kappa shape index (κ2) is 10.1. The fourth-order valence-electron chi connectivity index (χ4n) is 3.82. The Morgan fingerprint density at radius 1 is 1.18 bits per heavy atom. The molecule has 0 radical (unpaired) electrons. The fourth-order valence-corrected chi connectivity index (χ4v) is 3.82. The second-order valence-corrected chi connectivity index (χ2v) is 7.63. The van der Waals surface area contributed by atoms with Gasteiger partial charge < -0.3 is 20.1 Å². The lowest BCUT2D eigenvalue weighted by atomic mass is 9.94. The maximum Gasteiger partial charge on any atom is 0.338 e. The molecule has 3 aromatic rings. The Hall–Kier alpha value is -4.33. The molecular formula is C26H26N4O4. The van der Waals surface area contributed by atoms with Gasteiger partial charge in [-0.3, -0.25) is 0 Å². The van der Waals surface area contributed by atoms with Crippen LogP contribution in [0.1, 0.15) is 25.5 Å². The van der Waals surface area contributed by atoms with Crippen molar-refractivity contribution in [3.63, 3.8) is 0 Å². The summed E-state index contributed by atoms with van der Waals surface area (Å²) in [6.45, 7) is 7.82. The molecule has 174 valence electrons. The molecule has 1 aliphatic heterocycles. The number of esters is 1. The Kier molecular flexibility index (Phi) is 6.77. The third-order valence-electron chi connectivity index (χ3n) is 5.33. The minimum absolute atomic E-state index is 0.0608. The molecule has 0 saturated heterocycles. The first kappa shape index (κ1) is 22.8. The Labute approximate surface area is 197 Å². The van der Waals surface area contributed by atoms with Gasteiger partial charge in [-0.05, 0) is 50.2 Å². The van der Waals surface area contributed by atoms with Crippen LogP contribution in [0.4, 0.5) is 4.79 Å². The number of nitrogens with one attached hydrogen (secondary N) is 2. The van der Waals surface area contributed by atoms with Crippen LogP contribution < -0.4 is 15.4 Å². The Morgan fingerprint density at radius 2 is 1.91 bits per heavy atom. The third-order valence-corrected chi connectivity index (χ3v) is 5.33. The summed E-state index contributed by atoms with van der Waals surface area (Å²) in [7, 11) is 0. The summed E-state index contributed by atoms with van der Waals surface area (Å²) in [5.41, 5.74) is 3.68. The van der Waals surface area contributed by atoms with Gasteiger partial charge in [0.2, 0.25) is 0 Å². The first-order chi connectivity index (χ1) is 16.5. The fraction of sp³-hybridized carbons (Fsp3) is 0.192. The number of para-hydroxylation sites is 1. The zero-order chi connectivity index (χ0) is 24.1. The number of hydrogen-bond donors (Lipinski definition) is 2. The number of carbonyl (C=O) groups excluding carboxylic acids is 2. The molecule has 4 rings (SSSR count). The van der Waals surface area contributed by atoms with Gasteiger partial charge in [-0.25, -0.2) is 14.3 Å². The molecule has 0 spiro atoms. The van der Waals surface area contributed by atoms with Gasteiger partial charge in [0.1, 0.15) is 12.4 Å². The molecule has 2 N–H and O–H groups in total. The minimum Gasteiger partial charge on any atom is -0.494 e. The average Bonchev–Trinajstić information content (AvgIpc) is 3.29. The molecule has 1 atom stereocenters. The van der Waals surface area contributed by atoms with E-state index < -0.39 is 18.0 Å². The van der Waals surface area contributed by atoms with Gasteiger partial charge in [0.15, 0.2) is 0 Å². The molecule has 0 aliphatic carbocycles. The average molecular weight is 459 g/mol. The highest BCUT2D eigenvalue weighted by atomic mass is 16.5. The first-order valence-corrected chi connectivity index (χ1v) is 11.0. The summed E-state index contributed by atoms with van der Waals surface area (Å²) in [5.74, 6) is 0.204. The van der Waals surface area contributed by atoms with Gasteiger partial charge in [-0.15, -0.1) is 0 Å². The topological polar surface area (TPSA) is 94.5 Å². The van der Waals surface area contributed by atoms with E-state index in [1.807, 2.05) is 67.7 Å². The second-order valence-electron chi connectivity index (χ2n) is 7.63. The third kappa shape index (κ3) is 4.71. The maximum absolute atomic E-state index is 12.9. The van der Waals surface area contributed by atoms with Gasteiger partial charge >= 0.3 is 12.0 Å². The van der Waals surface area contributed by atoms with Crippen molar-refractivity contribution in [1.82, 2.24) is 20.4 Å². The predicted octanol–water partition coefficient (Wildman–Crippen LogP) is 4.30. The molecule has 2 aromatic carbocycles. The van der Waals surface area contributed by atoms with Gasteiger partial charge in [0.25, 0.3) is 0 Å². The first-order valence-electron chi connectivity index (χ1n) is 11.0. The number of hydrogen-bond acceptors (Lipinski definition) is 5. The van der Waals surface area contributed by atoms with Crippen LogP contribution in [0.15, 0.2) is 84.7 Å². The van der Waals surface area contributed by atoms with Crippen LogP contribution in [-0.2, 0) is 9.53 Å². The van der Waals surface area contributed by atoms with Gasteiger partial charge in [0.05, 0.1) is 29.6 Å². The van der Waals surface area contributed by atoms with Crippen molar-refractivity contribution in [2.45, 2.75) is 19.9 Å². The summed E-state index contributed by atoms with van der Waals surface area (Å²) in [6.07, 6.45) is 3.32. The largest absolute Gasteiger partial charge is 0.494 e. The minimum atomic E-state index is -0.759. The molecule has 1 aromatic heterocycles. The van der Waals surface area contributed by atoms with E-state index >= 15 is 0 Å². The van der Waals surface area contributed by atoms with Crippen molar-refractivity contribution in [3.05, 3.63) is 90.3 Å². The van der Waals surface area contributed by atoms with E-state index in [1.165, 1.54) is 6.08 Å². The van der Waals surface area contributed by atoms with Gasteiger partial charge in [-0.2, -0.15) is 5.10 Å². The van der Waals surface area contributed by atoms with E-state index in [4.69, 9.17) is 14.6 Å². The van der Waals surface area contributed by atoms with Crippen molar-refractivity contribution in [1.29, 1.82) is 0 Å². The van der Waals surface area contributed by atoms with Crippen molar-refractivity contribution in [2.24, 2.45) is 0 Å². The molecule has 8 heteroatoms. The number of benzene rings is 2. The number of urea groups is 1. The molecule has 0 saturated carbocycles. The molecule has 8 nitrogen and oxygen atoms in total. The van der Waals surface area contributed by atoms with Crippen LogP contribution in [0.25, 0.3) is 16.9 Å². The summed E-state index contributed by atoms with van der Waals surface area (Å²) in [6, 6.07) is 16.0. The van der Waals surface area contributed by atoms with Crippen LogP contribution in [0, 0.1) is 0 Å². The monoisotopic (exact) mass is 458 g/mol. The number of amides is 2. The lowest BCUT2D eigenvalue weighted by Crippen LogP contribution is -2.45. The van der Waals surface area contributed by atoms with Crippen LogP contribution in [-0.4, -0.2) is 35.0 Å². The predicted molar refractivity (Wildman–Crippen MR) is 128 cm³/mol. The lowest BCUT2D eigenvalue weighted by Gasteiger charge is -2.27. The molecule has 0 fully saturated rings. The highest BCUT2D eigenvalue weighted by molar-refractivity contribution is 5.95. The number of nitrogens with zero attached hydrogens (tertiary/aromatic N) is 2. The Bertz CT molecular complexity index is 1230. The van der Waals surface area contributed by atoms with Crippen molar-refractivity contribution >= 4 is 12.0 Å². The molecule has 2 amide bonds. The zero-order valence-electron chi connectivity index (χ0n) is 19.1. The SMILES string of the molecule is C=CCOC(=O)C1=C(C)NC(=O)N[C@@H]1c1cn(-c2ccccc2)nc1-c1ccc(OCC)cc1. The van der Waals surface area contributed by atoms with Crippen molar-refractivity contribution < 1.29 is 19.1 Å². The van der Waals surface area contributed by atoms with Crippen LogP contribution >= 0.6 is 0 Å². The Morgan fingerprint density at radius 3 is 2.59 bits per heavy atom.